The van der Waals surface area contributed by atoms with Gasteiger partial charge in [0.25, 0.3) is 0 Å². The Morgan fingerprint density at radius 1 is 1.28 bits per heavy atom. The minimum absolute atomic E-state index is 0.286. The number of hydrogen-bond acceptors (Lipinski definition) is 7. The number of nitrogens with zero attached hydrogens (tertiary/aromatic N) is 3. The lowest BCUT2D eigenvalue weighted by atomic mass is 10.1. The Morgan fingerprint density at radius 2 is 2.06 bits per heavy atom. The first-order valence-electron chi connectivity index (χ1n) is 6.35. The summed E-state index contributed by atoms with van der Waals surface area (Å²) in [5, 5.41) is 3.33. The Labute approximate surface area is 107 Å². The fourth-order valence-electron chi connectivity index (χ4n) is 2.20. The number of hydrogen-bond donors (Lipinski definition) is 3. The zero-order valence-electron chi connectivity index (χ0n) is 10.8. The number of hydrazine groups is 1. The van der Waals surface area contributed by atoms with Gasteiger partial charge in [-0.2, -0.15) is 15.0 Å². The largest absolute Gasteiger partial charge is 0.464 e. The fraction of sp³-hybridized carbons (Fsp3) is 0.727. The van der Waals surface area contributed by atoms with E-state index >= 15 is 0 Å². The lowest BCUT2D eigenvalue weighted by Gasteiger charge is -2.17. The highest BCUT2D eigenvalue weighted by Gasteiger charge is 2.24. The van der Waals surface area contributed by atoms with Crippen molar-refractivity contribution in [2.24, 2.45) is 11.8 Å². The SMILES string of the molecule is CCOc1nc(NN)nc(NC2CCCC2C)n1. The summed E-state index contributed by atoms with van der Waals surface area (Å²) in [6.45, 7) is 4.62. The molecule has 2 unspecified atom stereocenters. The van der Waals surface area contributed by atoms with Gasteiger partial charge >= 0.3 is 6.01 Å². The summed E-state index contributed by atoms with van der Waals surface area (Å²) in [4.78, 5) is 12.4. The molecule has 1 saturated carbocycles. The average Bonchev–Trinajstić information content (AvgIpc) is 2.75. The van der Waals surface area contributed by atoms with E-state index in [1.807, 2.05) is 6.92 Å². The van der Waals surface area contributed by atoms with E-state index in [1.165, 1.54) is 12.8 Å². The van der Waals surface area contributed by atoms with Gasteiger partial charge in [0.1, 0.15) is 0 Å². The molecule has 7 nitrogen and oxygen atoms in total. The number of nitrogens with one attached hydrogen (secondary N) is 2. The van der Waals surface area contributed by atoms with E-state index in [9.17, 15) is 0 Å². The van der Waals surface area contributed by atoms with Gasteiger partial charge in [-0.1, -0.05) is 13.3 Å². The molecule has 2 rings (SSSR count). The first kappa shape index (κ1) is 12.8. The molecule has 1 fully saturated rings. The van der Waals surface area contributed by atoms with Crippen LogP contribution in [0.3, 0.4) is 0 Å². The van der Waals surface area contributed by atoms with Crippen molar-refractivity contribution in [3.63, 3.8) is 0 Å². The Balaban J connectivity index is 2.12. The summed E-state index contributed by atoms with van der Waals surface area (Å²) in [6, 6.07) is 0.695. The topological polar surface area (TPSA) is 98.0 Å². The van der Waals surface area contributed by atoms with Crippen molar-refractivity contribution in [2.75, 3.05) is 17.3 Å². The normalized spacial score (nSPS) is 22.8. The van der Waals surface area contributed by atoms with Crippen LogP contribution in [0.2, 0.25) is 0 Å². The third-order valence-electron chi connectivity index (χ3n) is 3.19. The lowest BCUT2D eigenvalue weighted by Crippen LogP contribution is -2.24. The molecule has 1 aliphatic rings. The van der Waals surface area contributed by atoms with Crippen molar-refractivity contribution in [3.05, 3.63) is 0 Å². The van der Waals surface area contributed by atoms with Crippen molar-refractivity contribution in [2.45, 2.75) is 39.2 Å². The molecule has 0 aliphatic heterocycles. The molecule has 0 saturated heterocycles. The summed E-state index contributed by atoms with van der Waals surface area (Å²) in [7, 11) is 0. The zero-order chi connectivity index (χ0) is 13.0. The van der Waals surface area contributed by atoms with Crippen molar-refractivity contribution in [1.82, 2.24) is 15.0 Å². The third-order valence-corrected chi connectivity index (χ3v) is 3.19. The van der Waals surface area contributed by atoms with Crippen molar-refractivity contribution < 1.29 is 4.74 Å². The van der Waals surface area contributed by atoms with Crippen molar-refractivity contribution in [1.29, 1.82) is 0 Å². The minimum Gasteiger partial charge on any atom is -0.464 e. The third kappa shape index (κ3) is 2.98. The first-order chi connectivity index (χ1) is 8.72. The van der Waals surface area contributed by atoms with Gasteiger partial charge in [0.15, 0.2) is 0 Å². The molecule has 4 N–H and O–H groups in total. The van der Waals surface area contributed by atoms with Crippen LogP contribution in [0.15, 0.2) is 0 Å². The van der Waals surface area contributed by atoms with Crippen LogP contribution < -0.4 is 21.3 Å². The molecule has 1 aromatic rings. The van der Waals surface area contributed by atoms with E-state index in [-0.39, 0.29) is 6.01 Å². The Kier molecular flexibility index (Phi) is 4.14. The molecule has 0 radical (unpaired) electrons. The minimum atomic E-state index is 0.286. The summed E-state index contributed by atoms with van der Waals surface area (Å²) >= 11 is 0. The van der Waals surface area contributed by atoms with Gasteiger partial charge in [-0.3, -0.25) is 5.43 Å². The molecule has 0 spiro atoms. The molecule has 1 heterocycles. The van der Waals surface area contributed by atoms with Crippen LogP contribution in [0.4, 0.5) is 11.9 Å². The highest BCUT2D eigenvalue weighted by molar-refractivity contribution is 5.36. The highest BCUT2D eigenvalue weighted by Crippen LogP contribution is 2.27. The molecule has 7 heteroatoms. The zero-order valence-corrected chi connectivity index (χ0v) is 10.8. The molecule has 1 aromatic heterocycles. The second-order valence-corrected chi connectivity index (χ2v) is 4.50. The summed E-state index contributed by atoms with van der Waals surface area (Å²) in [5.41, 5.74) is 2.42. The van der Waals surface area contributed by atoms with E-state index in [2.05, 4.69) is 32.6 Å². The standard InChI is InChI=1S/C11H20N6O/c1-3-18-11-15-9(14-10(16-11)17-12)13-8-6-4-5-7(8)2/h7-8H,3-6,12H2,1-2H3,(H2,13,14,15,16,17). The van der Waals surface area contributed by atoms with Crippen LogP contribution in [0.1, 0.15) is 33.1 Å². The van der Waals surface area contributed by atoms with Crippen LogP contribution in [-0.4, -0.2) is 27.6 Å². The fourth-order valence-corrected chi connectivity index (χ4v) is 2.20. The summed E-state index contributed by atoms with van der Waals surface area (Å²) in [6.07, 6.45) is 3.62. The summed E-state index contributed by atoms with van der Waals surface area (Å²) in [5.74, 6) is 6.79. The van der Waals surface area contributed by atoms with Gasteiger partial charge in [-0.15, -0.1) is 0 Å². The molecule has 2 atom stereocenters. The highest BCUT2D eigenvalue weighted by atomic mass is 16.5. The van der Waals surface area contributed by atoms with Crippen LogP contribution >= 0.6 is 0 Å². The number of nitrogen functional groups attached to an aromatic ring is 1. The number of nitrogens with two attached hydrogens (primary N) is 1. The van der Waals surface area contributed by atoms with Gasteiger partial charge < -0.3 is 10.1 Å². The maximum atomic E-state index is 5.33. The van der Waals surface area contributed by atoms with Crippen LogP contribution in [-0.2, 0) is 0 Å². The quantitative estimate of drug-likeness (QED) is 0.534. The van der Waals surface area contributed by atoms with Crippen LogP contribution in [0.25, 0.3) is 0 Å². The van der Waals surface area contributed by atoms with E-state index < -0.39 is 0 Å². The lowest BCUT2D eigenvalue weighted by molar-refractivity contribution is 0.312. The van der Waals surface area contributed by atoms with Gasteiger partial charge in [0.05, 0.1) is 6.61 Å². The van der Waals surface area contributed by atoms with Gasteiger partial charge in [0, 0.05) is 6.04 Å². The van der Waals surface area contributed by atoms with Crippen molar-refractivity contribution >= 4 is 11.9 Å². The molecular weight excluding hydrogens is 232 g/mol. The Morgan fingerprint density at radius 3 is 2.67 bits per heavy atom. The molecule has 0 bridgehead atoms. The summed E-state index contributed by atoms with van der Waals surface area (Å²) < 4.78 is 5.28. The maximum absolute atomic E-state index is 5.33. The van der Waals surface area contributed by atoms with E-state index in [1.54, 1.807) is 0 Å². The monoisotopic (exact) mass is 252 g/mol. The number of anilines is 2. The number of aromatic nitrogens is 3. The molecule has 1 aliphatic carbocycles. The number of ether oxygens (including phenoxy) is 1. The predicted octanol–water partition coefficient (Wildman–Crippen LogP) is 1.16. The predicted molar refractivity (Wildman–Crippen MR) is 69.2 cm³/mol. The van der Waals surface area contributed by atoms with Crippen LogP contribution in [0, 0.1) is 5.92 Å². The molecule has 18 heavy (non-hydrogen) atoms. The molecular formula is C11H20N6O. The average molecular weight is 252 g/mol. The van der Waals surface area contributed by atoms with E-state index in [0.717, 1.165) is 6.42 Å². The van der Waals surface area contributed by atoms with Crippen LogP contribution in [0.5, 0.6) is 6.01 Å². The first-order valence-corrected chi connectivity index (χ1v) is 6.35. The second-order valence-electron chi connectivity index (χ2n) is 4.50. The van der Waals surface area contributed by atoms with Gasteiger partial charge in [-0.05, 0) is 25.7 Å². The van der Waals surface area contributed by atoms with Gasteiger partial charge in [0.2, 0.25) is 11.9 Å². The van der Waals surface area contributed by atoms with E-state index in [0.29, 0.717) is 30.5 Å². The van der Waals surface area contributed by atoms with Crippen molar-refractivity contribution in [3.8, 4) is 6.01 Å². The van der Waals surface area contributed by atoms with Gasteiger partial charge in [-0.25, -0.2) is 5.84 Å². The maximum Gasteiger partial charge on any atom is 0.323 e. The molecule has 0 aromatic carbocycles. The second kappa shape index (κ2) is 5.81. The molecule has 0 amide bonds. The Hall–Kier alpha value is -1.63. The molecule has 100 valence electrons. The number of rotatable bonds is 5. The Bertz CT molecular complexity index is 399. The smallest absolute Gasteiger partial charge is 0.323 e. The van der Waals surface area contributed by atoms with E-state index in [4.69, 9.17) is 10.6 Å².